The molecule has 4 nitrogen and oxygen atoms in total. The molecule has 1 aliphatic rings. The summed E-state index contributed by atoms with van der Waals surface area (Å²) in [7, 11) is 0. The van der Waals surface area contributed by atoms with Crippen molar-refractivity contribution in [2.75, 3.05) is 13.2 Å². The Bertz CT molecular complexity index is 459. The van der Waals surface area contributed by atoms with Crippen LogP contribution in [0.25, 0.3) is 0 Å². The molecule has 19 heavy (non-hydrogen) atoms. The number of aryl methyl sites for hydroxylation is 1. The summed E-state index contributed by atoms with van der Waals surface area (Å²) in [4.78, 5) is 14.4. The SMILES string of the molecule is Cc1cc(O)ccc1C(=O)N1CCCCCC1CO. The molecule has 1 fully saturated rings. The van der Waals surface area contributed by atoms with E-state index >= 15 is 0 Å². The Morgan fingerprint density at radius 2 is 2.16 bits per heavy atom. The molecular formula is C15H21NO3. The molecule has 1 aromatic carbocycles. The van der Waals surface area contributed by atoms with Gasteiger partial charge in [0, 0.05) is 12.1 Å². The number of hydrogen-bond acceptors (Lipinski definition) is 3. The average molecular weight is 263 g/mol. The van der Waals surface area contributed by atoms with Crippen molar-refractivity contribution < 1.29 is 15.0 Å². The smallest absolute Gasteiger partial charge is 0.254 e. The maximum absolute atomic E-state index is 12.6. The fourth-order valence-electron chi connectivity index (χ4n) is 2.68. The summed E-state index contributed by atoms with van der Waals surface area (Å²) in [6.45, 7) is 2.53. The molecule has 1 aliphatic heterocycles. The van der Waals surface area contributed by atoms with Crippen LogP contribution in [0.2, 0.25) is 0 Å². The Balaban J connectivity index is 2.25. The highest BCUT2D eigenvalue weighted by atomic mass is 16.3. The van der Waals surface area contributed by atoms with Gasteiger partial charge in [-0.05, 0) is 43.5 Å². The number of aliphatic hydroxyl groups is 1. The zero-order valence-electron chi connectivity index (χ0n) is 11.3. The van der Waals surface area contributed by atoms with Gasteiger partial charge in [-0.1, -0.05) is 12.8 Å². The van der Waals surface area contributed by atoms with E-state index in [0.717, 1.165) is 31.2 Å². The molecule has 1 heterocycles. The van der Waals surface area contributed by atoms with E-state index in [1.165, 1.54) is 6.07 Å². The number of amides is 1. The van der Waals surface area contributed by atoms with Crippen molar-refractivity contribution in [2.45, 2.75) is 38.6 Å². The lowest BCUT2D eigenvalue weighted by Crippen LogP contribution is -2.42. The zero-order chi connectivity index (χ0) is 13.8. The number of nitrogens with zero attached hydrogens (tertiary/aromatic N) is 1. The van der Waals surface area contributed by atoms with Crippen molar-refractivity contribution in [3.63, 3.8) is 0 Å². The second-order valence-corrected chi connectivity index (χ2v) is 5.18. The molecule has 1 aromatic rings. The molecule has 1 saturated heterocycles. The third-order valence-corrected chi connectivity index (χ3v) is 3.79. The van der Waals surface area contributed by atoms with Gasteiger partial charge >= 0.3 is 0 Å². The first-order chi connectivity index (χ1) is 9.13. The molecule has 2 N–H and O–H groups in total. The van der Waals surface area contributed by atoms with E-state index in [0.29, 0.717) is 12.1 Å². The summed E-state index contributed by atoms with van der Waals surface area (Å²) >= 11 is 0. The molecule has 4 heteroatoms. The van der Waals surface area contributed by atoms with Crippen LogP contribution in [0.4, 0.5) is 0 Å². The van der Waals surface area contributed by atoms with Gasteiger partial charge in [0.1, 0.15) is 5.75 Å². The Morgan fingerprint density at radius 3 is 2.84 bits per heavy atom. The minimum atomic E-state index is -0.0804. The second kappa shape index (κ2) is 6.06. The first kappa shape index (κ1) is 13.9. The van der Waals surface area contributed by atoms with Crippen molar-refractivity contribution in [3.8, 4) is 5.75 Å². The summed E-state index contributed by atoms with van der Waals surface area (Å²) in [5.41, 5.74) is 1.38. The van der Waals surface area contributed by atoms with E-state index in [9.17, 15) is 15.0 Å². The van der Waals surface area contributed by atoms with Crippen LogP contribution in [0, 0.1) is 6.92 Å². The van der Waals surface area contributed by atoms with Crippen molar-refractivity contribution in [1.82, 2.24) is 4.90 Å². The molecule has 0 aromatic heterocycles. The van der Waals surface area contributed by atoms with Gasteiger partial charge in [0.25, 0.3) is 5.91 Å². The average Bonchev–Trinajstić information content (AvgIpc) is 2.63. The minimum Gasteiger partial charge on any atom is -0.508 e. The lowest BCUT2D eigenvalue weighted by molar-refractivity contribution is 0.0599. The summed E-state index contributed by atoms with van der Waals surface area (Å²) in [6.07, 6.45) is 4.01. The highest BCUT2D eigenvalue weighted by molar-refractivity contribution is 5.96. The number of benzene rings is 1. The maximum atomic E-state index is 12.6. The molecule has 0 radical (unpaired) electrons. The number of aromatic hydroxyl groups is 1. The highest BCUT2D eigenvalue weighted by Crippen LogP contribution is 2.22. The van der Waals surface area contributed by atoms with E-state index in [-0.39, 0.29) is 24.3 Å². The van der Waals surface area contributed by atoms with Gasteiger partial charge in [0.2, 0.25) is 0 Å². The first-order valence-electron chi connectivity index (χ1n) is 6.85. The number of phenols is 1. The zero-order valence-corrected chi connectivity index (χ0v) is 11.3. The Kier molecular flexibility index (Phi) is 4.43. The number of carbonyl (C=O) groups is 1. The van der Waals surface area contributed by atoms with Gasteiger partial charge in [-0.25, -0.2) is 0 Å². The van der Waals surface area contributed by atoms with Crippen LogP contribution in [0.15, 0.2) is 18.2 Å². The third-order valence-electron chi connectivity index (χ3n) is 3.79. The van der Waals surface area contributed by atoms with Crippen LogP contribution in [0.5, 0.6) is 5.75 Å². The fraction of sp³-hybridized carbons (Fsp3) is 0.533. The number of phenolic OH excluding ortho intramolecular Hbond substituents is 1. The molecule has 1 amide bonds. The maximum Gasteiger partial charge on any atom is 0.254 e. The quantitative estimate of drug-likeness (QED) is 0.858. The van der Waals surface area contributed by atoms with E-state index in [2.05, 4.69) is 0 Å². The van der Waals surface area contributed by atoms with Crippen LogP contribution in [0.1, 0.15) is 41.6 Å². The molecule has 104 valence electrons. The normalized spacial score (nSPS) is 20.1. The van der Waals surface area contributed by atoms with Gasteiger partial charge in [-0.3, -0.25) is 4.79 Å². The van der Waals surface area contributed by atoms with Gasteiger partial charge in [0.15, 0.2) is 0 Å². The monoisotopic (exact) mass is 263 g/mol. The van der Waals surface area contributed by atoms with Crippen LogP contribution in [-0.4, -0.2) is 40.2 Å². The topological polar surface area (TPSA) is 60.8 Å². The van der Waals surface area contributed by atoms with Crippen molar-refractivity contribution >= 4 is 5.91 Å². The van der Waals surface area contributed by atoms with Gasteiger partial charge in [0.05, 0.1) is 12.6 Å². The summed E-state index contributed by atoms with van der Waals surface area (Å²) in [5, 5.41) is 18.9. The molecule has 2 rings (SSSR count). The Labute approximate surface area is 113 Å². The minimum absolute atomic E-state index is 0.0167. The lowest BCUT2D eigenvalue weighted by Gasteiger charge is -2.29. The fourth-order valence-corrected chi connectivity index (χ4v) is 2.68. The number of aliphatic hydroxyl groups excluding tert-OH is 1. The summed E-state index contributed by atoms with van der Waals surface area (Å²) < 4.78 is 0. The highest BCUT2D eigenvalue weighted by Gasteiger charge is 2.26. The summed E-state index contributed by atoms with van der Waals surface area (Å²) in [6, 6.07) is 4.71. The molecule has 0 saturated carbocycles. The van der Waals surface area contributed by atoms with Crippen molar-refractivity contribution in [2.24, 2.45) is 0 Å². The third kappa shape index (κ3) is 3.07. The lowest BCUT2D eigenvalue weighted by atomic mass is 10.1. The van der Waals surface area contributed by atoms with E-state index < -0.39 is 0 Å². The van der Waals surface area contributed by atoms with Crippen LogP contribution >= 0.6 is 0 Å². The van der Waals surface area contributed by atoms with Crippen LogP contribution in [-0.2, 0) is 0 Å². The largest absolute Gasteiger partial charge is 0.508 e. The van der Waals surface area contributed by atoms with Gasteiger partial charge in [-0.2, -0.15) is 0 Å². The van der Waals surface area contributed by atoms with Gasteiger partial charge < -0.3 is 15.1 Å². The number of rotatable bonds is 2. The molecule has 1 atom stereocenters. The van der Waals surface area contributed by atoms with Crippen LogP contribution < -0.4 is 0 Å². The van der Waals surface area contributed by atoms with E-state index in [4.69, 9.17) is 0 Å². The molecule has 0 spiro atoms. The first-order valence-corrected chi connectivity index (χ1v) is 6.85. The standard InChI is InChI=1S/C15H21NO3/c1-11-9-13(18)6-7-14(11)15(19)16-8-4-2-3-5-12(16)10-17/h6-7,9,12,17-18H,2-5,8,10H2,1H3. The predicted octanol–water partition coefficient (Wildman–Crippen LogP) is 2.08. The van der Waals surface area contributed by atoms with Crippen LogP contribution in [0.3, 0.4) is 0 Å². The number of carbonyl (C=O) groups excluding carboxylic acids is 1. The van der Waals surface area contributed by atoms with E-state index in [1.54, 1.807) is 17.0 Å². The summed E-state index contributed by atoms with van der Waals surface area (Å²) in [5.74, 6) is 0.127. The van der Waals surface area contributed by atoms with E-state index in [1.807, 2.05) is 6.92 Å². The number of likely N-dealkylation sites (tertiary alicyclic amines) is 1. The van der Waals surface area contributed by atoms with Gasteiger partial charge in [-0.15, -0.1) is 0 Å². The second-order valence-electron chi connectivity index (χ2n) is 5.18. The molecule has 1 unspecified atom stereocenters. The predicted molar refractivity (Wildman–Crippen MR) is 73.2 cm³/mol. The molecule has 0 aliphatic carbocycles. The number of hydrogen-bond donors (Lipinski definition) is 2. The Hall–Kier alpha value is -1.55. The molecule has 0 bridgehead atoms. The Morgan fingerprint density at radius 1 is 1.37 bits per heavy atom. The molecular weight excluding hydrogens is 242 g/mol. The van der Waals surface area contributed by atoms with Crippen molar-refractivity contribution in [3.05, 3.63) is 29.3 Å². The van der Waals surface area contributed by atoms with Crippen molar-refractivity contribution in [1.29, 1.82) is 0 Å².